The minimum Gasteiger partial charge on any atom is -0.859 e. The second kappa shape index (κ2) is 25.2. The van der Waals surface area contributed by atoms with Crippen LogP contribution in [0.3, 0.4) is 0 Å². The Kier molecular flexibility index (Phi) is 26.6. The van der Waals surface area contributed by atoms with Crippen LogP contribution in [0.15, 0.2) is 29.3 Å². The predicted octanol–water partition coefficient (Wildman–Crippen LogP) is 0.261. The van der Waals surface area contributed by atoms with E-state index in [4.69, 9.17) is 15.3 Å². The minimum atomic E-state index is -1.36. The van der Waals surface area contributed by atoms with Crippen molar-refractivity contribution in [1.82, 2.24) is 5.32 Å². The van der Waals surface area contributed by atoms with Crippen molar-refractivity contribution >= 4 is 73.4 Å². The van der Waals surface area contributed by atoms with E-state index in [1.165, 1.54) is 12.2 Å². The van der Waals surface area contributed by atoms with Gasteiger partial charge in [0.05, 0.1) is 0 Å². The number of carboxylic acids is 4. The van der Waals surface area contributed by atoms with Crippen molar-refractivity contribution in [1.29, 1.82) is 0 Å². The van der Waals surface area contributed by atoms with E-state index in [2.05, 4.69) is 10.3 Å². The van der Waals surface area contributed by atoms with Crippen molar-refractivity contribution in [2.75, 3.05) is 0 Å². The molecule has 0 aromatic carbocycles. The maximum Gasteiger partial charge on any atom is 2.00 e. The molecule has 4 N–H and O–H groups in total. The monoisotopic (exact) mass is 552 g/mol. The fraction of sp³-hybridized carbons (Fsp3) is 0.583. The van der Waals surface area contributed by atoms with Crippen LogP contribution in [-0.4, -0.2) is 101 Å². The van der Waals surface area contributed by atoms with Gasteiger partial charge in [-0.25, -0.2) is 9.59 Å². The Labute approximate surface area is 246 Å². The Hall–Kier alpha value is -2.44. The van der Waals surface area contributed by atoms with E-state index in [1.54, 1.807) is 12.2 Å². The van der Waals surface area contributed by atoms with Crippen LogP contribution in [0.1, 0.15) is 78.1 Å². The molecule has 0 rings (SSSR count). The Morgan fingerprint density at radius 1 is 0.838 bits per heavy atom. The molecule has 0 saturated carbocycles. The second-order valence-electron chi connectivity index (χ2n) is 7.65. The molecule has 0 aliphatic heterocycles. The van der Waals surface area contributed by atoms with Gasteiger partial charge in [-0.15, -0.1) is 0 Å². The number of hydrogen-bond acceptors (Lipinski definition) is 8. The fourth-order valence-corrected chi connectivity index (χ4v) is 2.46. The number of carbonyl (C=O) groups excluding carboxylic acids is 2. The number of nitrogens with one attached hydrogen (secondary N) is 1. The summed E-state index contributed by atoms with van der Waals surface area (Å²) in [6, 6.07) is -2.49. The zero-order valence-electron chi connectivity index (χ0n) is 21.4. The molecule has 0 aliphatic rings. The van der Waals surface area contributed by atoms with Crippen molar-refractivity contribution in [2.45, 2.75) is 90.1 Å². The fourth-order valence-electron chi connectivity index (χ4n) is 2.46. The van der Waals surface area contributed by atoms with Crippen LogP contribution < -0.4 is 15.5 Å². The van der Waals surface area contributed by atoms with Gasteiger partial charge in [-0.05, 0) is 44.1 Å². The summed E-state index contributed by atoms with van der Waals surface area (Å²) in [7, 11) is 0. The van der Waals surface area contributed by atoms with Crippen molar-refractivity contribution in [2.24, 2.45) is 4.99 Å². The number of nitrogens with zero attached hydrogens (tertiary/aromatic N) is 1. The average molecular weight is 553 g/mol. The Bertz CT molecular complexity index is 796. The summed E-state index contributed by atoms with van der Waals surface area (Å²) in [5.41, 5.74) is 0. The molecule has 12 nitrogen and oxygen atoms in total. The van der Waals surface area contributed by atoms with Crippen LogP contribution in [0, 0.1) is 0 Å². The van der Waals surface area contributed by atoms with E-state index < -0.39 is 54.2 Å². The summed E-state index contributed by atoms with van der Waals surface area (Å²) in [6.07, 6.45) is 10.1. The van der Waals surface area contributed by atoms with Gasteiger partial charge in [-0.3, -0.25) is 14.6 Å². The zero-order chi connectivity index (χ0) is 27.9. The first-order valence-electron chi connectivity index (χ1n) is 11.7. The molecule has 0 unspecified atom stereocenters. The third-order valence-corrected chi connectivity index (χ3v) is 4.43. The van der Waals surface area contributed by atoms with Crippen molar-refractivity contribution in [3.63, 3.8) is 0 Å². The molecule has 37 heavy (non-hydrogen) atoms. The summed E-state index contributed by atoms with van der Waals surface area (Å²) in [5, 5.41) is 49.8. The molecule has 2 atom stereocenters. The maximum absolute atomic E-state index is 11.4. The molecular formula is C24H36CaN2O10. The molecule has 1 amide bonds. The molecule has 0 radical (unpaired) electrons. The van der Waals surface area contributed by atoms with Gasteiger partial charge < -0.3 is 35.6 Å². The van der Waals surface area contributed by atoms with Gasteiger partial charge >= 0.3 is 55.6 Å². The standard InChI is InChI=1S/2C12H19NO5.Ca/c2*1-2-3-4-5-6-10(14)13-9(12(17)18)7-8-11(15)16;/h2*5-6,9H,2-4,7-8H2,1H3,(H,13,14)(H,15,16)(H,17,18);/q;;+2/p-2/b2*6-5+;/t2*9-;/m00./s1. The van der Waals surface area contributed by atoms with Crippen molar-refractivity contribution < 1.29 is 49.5 Å². The Morgan fingerprint density at radius 3 is 1.81 bits per heavy atom. The number of amides is 1. The first-order valence-corrected chi connectivity index (χ1v) is 11.7. The third-order valence-electron chi connectivity index (χ3n) is 4.43. The van der Waals surface area contributed by atoms with E-state index in [0.29, 0.717) is 0 Å². The first-order chi connectivity index (χ1) is 16.9. The number of hydrogen-bond donors (Lipinski definition) is 4. The molecule has 0 saturated heterocycles. The van der Waals surface area contributed by atoms with E-state index in [1.807, 2.05) is 13.8 Å². The van der Waals surface area contributed by atoms with Crippen LogP contribution in [-0.2, 0) is 24.0 Å². The summed E-state index contributed by atoms with van der Waals surface area (Å²) < 4.78 is 0. The number of rotatable bonds is 18. The van der Waals surface area contributed by atoms with E-state index in [-0.39, 0.29) is 57.0 Å². The number of aliphatic carboxylic acids is 4. The van der Waals surface area contributed by atoms with Gasteiger partial charge in [0.1, 0.15) is 12.1 Å². The zero-order valence-corrected chi connectivity index (χ0v) is 23.6. The topological polar surface area (TPSA) is 217 Å². The van der Waals surface area contributed by atoms with Crippen LogP contribution in [0.4, 0.5) is 0 Å². The van der Waals surface area contributed by atoms with Crippen molar-refractivity contribution in [3.05, 3.63) is 24.3 Å². The van der Waals surface area contributed by atoms with Crippen LogP contribution in [0.5, 0.6) is 0 Å². The molecule has 0 aromatic rings. The molecule has 204 valence electrons. The molecule has 0 aromatic heterocycles. The number of carbonyl (C=O) groups is 5. The Balaban J connectivity index is -0.000000608. The summed E-state index contributed by atoms with van der Waals surface area (Å²) in [4.78, 5) is 56.9. The maximum atomic E-state index is 11.4. The smallest absolute Gasteiger partial charge is 0.859 e. The molecule has 0 fully saturated rings. The number of aliphatic imine (C=N–C) groups is 1. The average Bonchev–Trinajstić information content (AvgIpc) is 2.79. The SMILES string of the molecule is CCCC/C=C/C(=O)N[C@@H](CCC(=O)O)C(=O)O.CCCC/C=C/C([O-])=N[C@@H](CCC(=O)[O-])C(=O)O.[Ca+2]. The normalized spacial score (nSPS) is 12.6. The number of carboxylic acid groups (broad SMARTS) is 4. The van der Waals surface area contributed by atoms with Crippen LogP contribution in [0.25, 0.3) is 0 Å². The van der Waals surface area contributed by atoms with Crippen molar-refractivity contribution in [3.8, 4) is 0 Å². The molecular weight excluding hydrogens is 516 g/mol. The summed E-state index contributed by atoms with van der Waals surface area (Å²) in [6.45, 7) is 4.04. The second-order valence-corrected chi connectivity index (χ2v) is 7.65. The van der Waals surface area contributed by atoms with E-state index >= 15 is 0 Å². The molecule has 0 spiro atoms. The van der Waals surface area contributed by atoms with E-state index in [0.717, 1.165) is 38.5 Å². The Morgan fingerprint density at radius 2 is 1.38 bits per heavy atom. The van der Waals surface area contributed by atoms with E-state index in [9.17, 15) is 34.2 Å². The minimum absolute atomic E-state index is 0. The molecule has 0 aliphatic carbocycles. The quantitative estimate of drug-likeness (QED) is 0.0597. The largest absolute Gasteiger partial charge is 2.00 e. The third kappa shape index (κ3) is 26.4. The van der Waals surface area contributed by atoms with Gasteiger partial charge in [-0.2, -0.15) is 0 Å². The molecule has 0 heterocycles. The summed E-state index contributed by atoms with van der Waals surface area (Å²) >= 11 is 0. The molecule has 0 bridgehead atoms. The van der Waals surface area contributed by atoms with Gasteiger partial charge in [-0.1, -0.05) is 57.8 Å². The van der Waals surface area contributed by atoms with Gasteiger partial charge in [0, 0.05) is 12.4 Å². The van der Waals surface area contributed by atoms with Crippen LogP contribution >= 0.6 is 0 Å². The summed E-state index contributed by atoms with van der Waals surface area (Å²) in [5.74, 6) is -6.16. The van der Waals surface area contributed by atoms with Gasteiger partial charge in [0.2, 0.25) is 5.91 Å². The predicted molar refractivity (Wildman–Crippen MR) is 133 cm³/mol. The van der Waals surface area contributed by atoms with Crippen LogP contribution in [0.2, 0.25) is 0 Å². The van der Waals surface area contributed by atoms with Gasteiger partial charge in [0.15, 0.2) is 0 Å². The number of unbranched alkanes of at least 4 members (excludes halogenated alkanes) is 4. The molecule has 13 heteroatoms. The van der Waals surface area contributed by atoms with Gasteiger partial charge in [0.25, 0.3) is 0 Å². The number of allylic oxidation sites excluding steroid dienone is 2. The first kappa shape index (κ1) is 39.1.